The maximum atomic E-state index is 12.0. The van der Waals surface area contributed by atoms with Gasteiger partial charge in [0.25, 0.3) is 5.91 Å². The van der Waals surface area contributed by atoms with E-state index in [1.807, 2.05) is 30.3 Å². The Morgan fingerprint density at radius 3 is 2.30 bits per heavy atom. The molecule has 8 heteroatoms. The third-order valence-corrected chi connectivity index (χ3v) is 5.38. The molecule has 3 rings (SSSR count). The monoisotopic (exact) mass is 463 g/mol. The number of methoxy groups -OCH3 is 1. The number of hydrazone groups is 1. The fraction of sp³-hybridized carbons (Fsp3) is 0.160. The lowest BCUT2D eigenvalue weighted by Crippen LogP contribution is -2.20. The van der Waals surface area contributed by atoms with Crippen LogP contribution in [0.2, 0.25) is 0 Å². The minimum absolute atomic E-state index is 0.115. The van der Waals surface area contributed by atoms with Crippen LogP contribution in [0, 0.1) is 0 Å². The van der Waals surface area contributed by atoms with E-state index in [4.69, 9.17) is 9.47 Å². The molecule has 0 saturated heterocycles. The van der Waals surface area contributed by atoms with Gasteiger partial charge in [-0.2, -0.15) is 5.10 Å². The molecule has 0 radical (unpaired) electrons. The van der Waals surface area contributed by atoms with Crippen molar-refractivity contribution in [1.29, 1.82) is 0 Å². The first-order valence-electron chi connectivity index (χ1n) is 10.3. The van der Waals surface area contributed by atoms with Crippen molar-refractivity contribution in [3.05, 3.63) is 84.4 Å². The van der Waals surface area contributed by atoms with E-state index in [0.29, 0.717) is 23.6 Å². The Hall–Kier alpha value is -3.78. The third kappa shape index (κ3) is 8.70. The lowest BCUT2D eigenvalue weighted by molar-refractivity contribution is -0.120. The molecule has 2 N–H and O–H groups in total. The molecule has 170 valence electrons. The number of nitrogens with one attached hydrogen (secondary N) is 2. The van der Waals surface area contributed by atoms with Gasteiger partial charge in [0.1, 0.15) is 11.5 Å². The Kier molecular flexibility index (Phi) is 9.35. The SMILES string of the molecule is COc1ccc(NC(=O)COc2ccc(C=NNC(=O)CCSc3ccccc3)cc2)cc1. The van der Waals surface area contributed by atoms with Crippen LogP contribution in [0.4, 0.5) is 5.69 Å². The summed E-state index contributed by atoms with van der Waals surface area (Å²) < 4.78 is 10.6. The van der Waals surface area contributed by atoms with E-state index in [0.717, 1.165) is 16.2 Å². The molecule has 3 aromatic carbocycles. The number of nitrogens with zero attached hydrogens (tertiary/aromatic N) is 1. The first-order valence-corrected chi connectivity index (χ1v) is 11.3. The van der Waals surface area contributed by atoms with Crippen LogP contribution >= 0.6 is 11.8 Å². The van der Waals surface area contributed by atoms with E-state index in [2.05, 4.69) is 15.8 Å². The number of anilines is 1. The fourth-order valence-electron chi connectivity index (χ4n) is 2.68. The number of hydrogen-bond acceptors (Lipinski definition) is 6. The second kappa shape index (κ2) is 12.9. The van der Waals surface area contributed by atoms with Crippen LogP contribution in [-0.2, 0) is 9.59 Å². The average molecular weight is 464 g/mol. The van der Waals surface area contributed by atoms with E-state index in [1.54, 1.807) is 73.6 Å². The van der Waals surface area contributed by atoms with Crippen molar-refractivity contribution in [2.75, 3.05) is 24.8 Å². The quantitative estimate of drug-likeness (QED) is 0.251. The number of carbonyl (C=O) groups excluding carboxylic acids is 2. The fourth-order valence-corrected chi connectivity index (χ4v) is 3.56. The van der Waals surface area contributed by atoms with Crippen LogP contribution in [0.25, 0.3) is 0 Å². The third-order valence-electron chi connectivity index (χ3n) is 4.37. The summed E-state index contributed by atoms with van der Waals surface area (Å²) in [6.07, 6.45) is 1.94. The van der Waals surface area contributed by atoms with Gasteiger partial charge < -0.3 is 14.8 Å². The lowest BCUT2D eigenvalue weighted by Gasteiger charge is -2.08. The number of benzene rings is 3. The highest BCUT2D eigenvalue weighted by Crippen LogP contribution is 2.18. The molecule has 0 spiro atoms. The Balaban J connectivity index is 1.35. The van der Waals surface area contributed by atoms with Gasteiger partial charge in [0.2, 0.25) is 5.91 Å². The zero-order valence-electron chi connectivity index (χ0n) is 18.2. The van der Waals surface area contributed by atoms with Crippen molar-refractivity contribution < 1.29 is 19.1 Å². The molecule has 0 atom stereocenters. The van der Waals surface area contributed by atoms with Crippen LogP contribution in [-0.4, -0.2) is 37.5 Å². The molecule has 2 amide bonds. The maximum Gasteiger partial charge on any atom is 0.262 e. The van der Waals surface area contributed by atoms with Gasteiger partial charge in [-0.25, -0.2) is 5.43 Å². The molecule has 33 heavy (non-hydrogen) atoms. The Bertz CT molecular complexity index is 1060. The summed E-state index contributed by atoms with van der Waals surface area (Å²) in [5.41, 5.74) is 3.99. The predicted molar refractivity (Wildman–Crippen MR) is 131 cm³/mol. The van der Waals surface area contributed by atoms with Crippen molar-refractivity contribution in [2.45, 2.75) is 11.3 Å². The van der Waals surface area contributed by atoms with Gasteiger partial charge in [0, 0.05) is 22.8 Å². The molecule has 0 aliphatic carbocycles. The summed E-state index contributed by atoms with van der Waals surface area (Å²) in [5.74, 6) is 1.55. The molecule has 0 heterocycles. The summed E-state index contributed by atoms with van der Waals surface area (Å²) in [5, 5.41) is 6.74. The molecule has 0 fully saturated rings. The second-order valence-electron chi connectivity index (χ2n) is 6.84. The zero-order chi connectivity index (χ0) is 23.3. The van der Waals surface area contributed by atoms with Crippen LogP contribution in [0.1, 0.15) is 12.0 Å². The van der Waals surface area contributed by atoms with Gasteiger partial charge >= 0.3 is 0 Å². The van der Waals surface area contributed by atoms with E-state index < -0.39 is 0 Å². The molecular formula is C25H25N3O4S. The maximum absolute atomic E-state index is 12.0. The molecule has 0 bridgehead atoms. The smallest absolute Gasteiger partial charge is 0.262 e. The van der Waals surface area contributed by atoms with Gasteiger partial charge in [-0.3, -0.25) is 9.59 Å². The number of carbonyl (C=O) groups is 2. The summed E-state index contributed by atoms with van der Waals surface area (Å²) >= 11 is 1.63. The summed E-state index contributed by atoms with van der Waals surface area (Å²) in [6, 6.07) is 24.0. The van der Waals surface area contributed by atoms with Crippen molar-refractivity contribution in [3.8, 4) is 11.5 Å². The zero-order valence-corrected chi connectivity index (χ0v) is 19.0. The predicted octanol–water partition coefficient (Wildman–Crippen LogP) is 4.35. The van der Waals surface area contributed by atoms with Gasteiger partial charge in [-0.05, 0) is 66.2 Å². The topological polar surface area (TPSA) is 89.0 Å². The number of thioether (sulfide) groups is 1. The van der Waals surface area contributed by atoms with E-state index in [9.17, 15) is 9.59 Å². The number of ether oxygens (including phenoxy) is 2. The average Bonchev–Trinajstić information content (AvgIpc) is 2.85. The van der Waals surface area contributed by atoms with Crippen LogP contribution in [0.5, 0.6) is 11.5 Å². The standard InChI is InChI=1S/C25H25N3O4S/c1-31-21-13-9-20(10-14-21)27-25(30)18-32-22-11-7-19(8-12-22)17-26-28-24(29)15-16-33-23-5-3-2-4-6-23/h2-14,17H,15-16,18H2,1H3,(H,27,30)(H,28,29). The molecule has 0 aromatic heterocycles. The molecular weight excluding hydrogens is 438 g/mol. The van der Waals surface area contributed by atoms with Gasteiger partial charge in [0.15, 0.2) is 6.61 Å². The molecule has 0 unspecified atom stereocenters. The second-order valence-corrected chi connectivity index (χ2v) is 8.01. The Morgan fingerprint density at radius 2 is 1.61 bits per heavy atom. The van der Waals surface area contributed by atoms with E-state index >= 15 is 0 Å². The highest BCUT2D eigenvalue weighted by molar-refractivity contribution is 7.99. The van der Waals surface area contributed by atoms with Gasteiger partial charge in [0.05, 0.1) is 13.3 Å². The van der Waals surface area contributed by atoms with Crippen LogP contribution < -0.4 is 20.2 Å². The minimum Gasteiger partial charge on any atom is -0.497 e. The molecule has 0 aliphatic rings. The molecule has 0 aliphatic heterocycles. The van der Waals surface area contributed by atoms with Crippen molar-refractivity contribution in [2.24, 2.45) is 5.10 Å². The highest BCUT2D eigenvalue weighted by Gasteiger charge is 2.04. The van der Waals surface area contributed by atoms with Crippen molar-refractivity contribution >= 4 is 35.5 Å². The Labute approximate surface area is 197 Å². The lowest BCUT2D eigenvalue weighted by atomic mass is 10.2. The van der Waals surface area contributed by atoms with Crippen LogP contribution in [0.15, 0.2) is 88.9 Å². The number of rotatable bonds is 11. The van der Waals surface area contributed by atoms with E-state index in [-0.39, 0.29) is 18.4 Å². The normalized spacial score (nSPS) is 10.6. The van der Waals surface area contributed by atoms with Crippen LogP contribution in [0.3, 0.4) is 0 Å². The minimum atomic E-state index is -0.265. The summed E-state index contributed by atoms with van der Waals surface area (Å²) in [6.45, 7) is -0.115. The Morgan fingerprint density at radius 1 is 0.909 bits per heavy atom. The summed E-state index contributed by atoms with van der Waals surface area (Å²) in [7, 11) is 1.59. The van der Waals surface area contributed by atoms with Gasteiger partial charge in [-0.15, -0.1) is 11.8 Å². The largest absolute Gasteiger partial charge is 0.497 e. The van der Waals surface area contributed by atoms with Crippen molar-refractivity contribution in [1.82, 2.24) is 5.43 Å². The summed E-state index contributed by atoms with van der Waals surface area (Å²) in [4.78, 5) is 25.1. The van der Waals surface area contributed by atoms with Crippen molar-refractivity contribution in [3.63, 3.8) is 0 Å². The number of amides is 2. The number of hydrogen-bond donors (Lipinski definition) is 2. The van der Waals surface area contributed by atoms with Gasteiger partial charge in [-0.1, -0.05) is 18.2 Å². The first kappa shape index (κ1) is 23.9. The molecule has 3 aromatic rings. The molecule has 7 nitrogen and oxygen atoms in total. The molecule has 0 saturated carbocycles. The first-order chi connectivity index (χ1) is 16.1. The highest BCUT2D eigenvalue weighted by atomic mass is 32.2. The van der Waals surface area contributed by atoms with E-state index in [1.165, 1.54) is 0 Å².